The number of aryl methyl sites for hydroxylation is 1. The zero-order chi connectivity index (χ0) is 20.5. The summed E-state index contributed by atoms with van der Waals surface area (Å²) in [6.07, 6.45) is 4.38. The fourth-order valence-electron chi connectivity index (χ4n) is 4.37. The van der Waals surface area contributed by atoms with Gasteiger partial charge in [0, 0.05) is 29.4 Å². The third-order valence-corrected chi connectivity index (χ3v) is 6.32. The molecule has 2 aliphatic rings. The fourth-order valence-corrected chi connectivity index (χ4v) is 4.48. The van der Waals surface area contributed by atoms with E-state index in [1.807, 2.05) is 24.0 Å². The molecule has 2 heterocycles. The number of carbonyl (C=O) groups excluding carboxylic acids is 2. The number of nitrogens with zero attached hydrogens (tertiary/aromatic N) is 2. The Morgan fingerprint density at radius 3 is 2.76 bits per heavy atom. The van der Waals surface area contributed by atoms with Crippen LogP contribution in [0.3, 0.4) is 0 Å². The molecular weight excluding hydrogens is 386 g/mol. The Hall–Kier alpha value is -2.53. The largest absolute Gasteiger partial charge is 0.351 e. The number of benzene rings is 2. The summed E-state index contributed by atoms with van der Waals surface area (Å²) in [6, 6.07) is 10.8. The van der Waals surface area contributed by atoms with Crippen molar-refractivity contribution in [1.82, 2.24) is 4.90 Å². The minimum absolute atomic E-state index is 0.0804. The molecule has 0 spiro atoms. The van der Waals surface area contributed by atoms with Gasteiger partial charge in [-0.3, -0.25) is 9.59 Å². The monoisotopic (exact) mass is 411 g/mol. The van der Waals surface area contributed by atoms with E-state index in [4.69, 9.17) is 11.6 Å². The van der Waals surface area contributed by atoms with Crippen molar-refractivity contribution in [1.29, 1.82) is 0 Å². The van der Waals surface area contributed by atoms with E-state index in [9.17, 15) is 9.59 Å². The second-order valence-electron chi connectivity index (χ2n) is 7.76. The highest BCUT2D eigenvalue weighted by molar-refractivity contribution is 6.31. The zero-order valence-electron chi connectivity index (χ0n) is 16.9. The molecular formula is C23H26ClN3O2. The van der Waals surface area contributed by atoms with Gasteiger partial charge in [0.25, 0.3) is 11.8 Å². The molecule has 0 radical (unpaired) electrons. The Bertz CT molecular complexity index is 959. The van der Waals surface area contributed by atoms with E-state index in [0.717, 1.165) is 50.0 Å². The van der Waals surface area contributed by atoms with Gasteiger partial charge in [-0.25, -0.2) is 0 Å². The van der Waals surface area contributed by atoms with Crippen LogP contribution >= 0.6 is 11.6 Å². The standard InChI is InChI=1S/C23H26ClN3O2/c1-3-26-20-14-16(22(28)25-17-9-11-19(24)15(2)13-17)8-10-18(20)23(29)27-12-6-4-5-7-21(26)27/h8-11,13-14,21H,3-7,12H2,1-2H3,(H,25,28)/t21-/m1/s1. The highest BCUT2D eigenvalue weighted by Crippen LogP contribution is 2.35. The molecule has 1 atom stereocenters. The molecule has 1 saturated heterocycles. The molecule has 0 aliphatic carbocycles. The highest BCUT2D eigenvalue weighted by Gasteiger charge is 2.37. The third-order valence-electron chi connectivity index (χ3n) is 5.90. The number of hydrogen-bond acceptors (Lipinski definition) is 3. The van der Waals surface area contributed by atoms with Gasteiger partial charge in [0.1, 0.15) is 6.17 Å². The van der Waals surface area contributed by atoms with Gasteiger partial charge in [-0.1, -0.05) is 18.0 Å². The molecule has 6 heteroatoms. The molecule has 2 aromatic rings. The van der Waals surface area contributed by atoms with E-state index in [1.54, 1.807) is 24.3 Å². The Morgan fingerprint density at radius 1 is 1.17 bits per heavy atom. The Balaban J connectivity index is 1.65. The molecule has 0 unspecified atom stereocenters. The number of hydrogen-bond donors (Lipinski definition) is 1. The van der Waals surface area contributed by atoms with Crippen molar-refractivity contribution in [2.24, 2.45) is 0 Å². The Morgan fingerprint density at radius 2 is 2.00 bits per heavy atom. The van der Waals surface area contributed by atoms with Crippen molar-refractivity contribution in [3.8, 4) is 0 Å². The summed E-state index contributed by atoms with van der Waals surface area (Å²) < 4.78 is 0. The van der Waals surface area contributed by atoms with Crippen LogP contribution in [0.5, 0.6) is 0 Å². The van der Waals surface area contributed by atoms with Crippen LogP contribution in [0, 0.1) is 6.92 Å². The maximum atomic E-state index is 13.1. The van der Waals surface area contributed by atoms with Gasteiger partial charge in [0.15, 0.2) is 0 Å². The summed E-state index contributed by atoms with van der Waals surface area (Å²) in [4.78, 5) is 30.2. The van der Waals surface area contributed by atoms with Gasteiger partial charge in [-0.15, -0.1) is 0 Å². The lowest BCUT2D eigenvalue weighted by atomic mass is 10.0. The number of carbonyl (C=O) groups is 2. The first-order valence-corrected chi connectivity index (χ1v) is 10.7. The van der Waals surface area contributed by atoms with Crippen LogP contribution in [-0.2, 0) is 0 Å². The smallest absolute Gasteiger partial charge is 0.257 e. The number of rotatable bonds is 3. The highest BCUT2D eigenvalue weighted by atomic mass is 35.5. The number of fused-ring (bicyclic) bond motifs is 2. The molecule has 0 aromatic heterocycles. The summed E-state index contributed by atoms with van der Waals surface area (Å²) >= 11 is 6.07. The molecule has 2 aromatic carbocycles. The quantitative estimate of drug-likeness (QED) is 0.765. The molecule has 1 N–H and O–H groups in total. The minimum atomic E-state index is -0.193. The minimum Gasteiger partial charge on any atom is -0.351 e. The molecule has 5 nitrogen and oxygen atoms in total. The van der Waals surface area contributed by atoms with Crippen molar-refractivity contribution in [2.75, 3.05) is 23.3 Å². The van der Waals surface area contributed by atoms with Gasteiger partial charge in [-0.05, 0) is 75.1 Å². The maximum Gasteiger partial charge on any atom is 0.257 e. The summed E-state index contributed by atoms with van der Waals surface area (Å²) in [5.41, 5.74) is 3.70. The van der Waals surface area contributed by atoms with E-state index < -0.39 is 0 Å². The average molecular weight is 412 g/mol. The van der Waals surface area contributed by atoms with Crippen molar-refractivity contribution in [3.63, 3.8) is 0 Å². The predicted molar refractivity (Wildman–Crippen MR) is 117 cm³/mol. The predicted octanol–water partition coefficient (Wildman–Crippen LogP) is 5.08. The molecule has 2 amide bonds. The molecule has 4 rings (SSSR count). The van der Waals surface area contributed by atoms with Crippen LogP contribution < -0.4 is 10.2 Å². The van der Waals surface area contributed by atoms with Crippen LogP contribution in [0.25, 0.3) is 0 Å². The summed E-state index contributed by atoms with van der Waals surface area (Å²) in [7, 11) is 0. The third kappa shape index (κ3) is 3.71. The average Bonchev–Trinajstić information content (AvgIpc) is 2.97. The number of anilines is 2. The van der Waals surface area contributed by atoms with E-state index in [0.29, 0.717) is 21.8 Å². The van der Waals surface area contributed by atoms with Gasteiger partial charge < -0.3 is 15.1 Å². The van der Waals surface area contributed by atoms with Gasteiger partial charge in [-0.2, -0.15) is 0 Å². The molecule has 1 fully saturated rings. The van der Waals surface area contributed by atoms with E-state index >= 15 is 0 Å². The van der Waals surface area contributed by atoms with E-state index in [-0.39, 0.29) is 18.0 Å². The second kappa shape index (κ2) is 8.07. The van der Waals surface area contributed by atoms with E-state index in [2.05, 4.69) is 17.1 Å². The number of nitrogens with one attached hydrogen (secondary N) is 1. The second-order valence-corrected chi connectivity index (χ2v) is 8.17. The van der Waals surface area contributed by atoms with Gasteiger partial charge in [0.2, 0.25) is 0 Å². The van der Waals surface area contributed by atoms with Crippen molar-refractivity contribution in [3.05, 3.63) is 58.1 Å². The summed E-state index contributed by atoms with van der Waals surface area (Å²) in [5, 5.41) is 3.60. The zero-order valence-corrected chi connectivity index (χ0v) is 17.6. The fraction of sp³-hybridized carbons (Fsp3) is 0.391. The van der Waals surface area contributed by atoms with Gasteiger partial charge in [0.05, 0.1) is 11.3 Å². The van der Waals surface area contributed by atoms with Crippen LogP contribution in [0.15, 0.2) is 36.4 Å². The molecule has 152 valence electrons. The molecule has 0 saturated carbocycles. The van der Waals surface area contributed by atoms with Crippen LogP contribution in [0.2, 0.25) is 5.02 Å². The lowest BCUT2D eigenvalue weighted by Gasteiger charge is -2.44. The Kier molecular flexibility index (Phi) is 5.50. The van der Waals surface area contributed by atoms with Crippen molar-refractivity contribution in [2.45, 2.75) is 45.7 Å². The van der Waals surface area contributed by atoms with Crippen LogP contribution in [-0.4, -0.2) is 36.0 Å². The first-order valence-electron chi connectivity index (χ1n) is 10.3. The normalized spacial score (nSPS) is 18.7. The van der Waals surface area contributed by atoms with Gasteiger partial charge >= 0.3 is 0 Å². The Labute approximate surface area is 176 Å². The summed E-state index contributed by atoms with van der Waals surface area (Å²) in [6.45, 7) is 5.60. The van der Waals surface area contributed by atoms with Crippen molar-refractivity contribution >= 4 is 34.8 Å². The topological polar surface area (TPSA) is 52.7 Å². The first kappa shape index (κ1) is 19.8. The van der Waals surface area contributed by atoms with Crippen LogP contribution in [0.4, 0.5) is 11.4 Å². The molecule has 0 bridgehead atoms. The molecule has 29 heavy (non-hydrogen) atoms. The van der Waals surface area contributed by atoms with E-state index in [1.165, 1.54) is 0 Å². The lowest BCUT2D eigenvalue weighted by Crippen LogP contribution is -2.55. The maximum absolute atomic E-state index is 13.1. The number of amides is 2. The molecule has 2 aliphatic heterocycles. The number of halogens is 1. The SMILES string of the molecule is CCN1c2cc(C(=O)Nc3ccc(Cl)c(C)c3)ccc2C(=O)N2CCCCC[C@@H]21. The summed E-state index contributed by atoms with van der Waals surface area (Å²) in [5.74, 6) is -0.113. The van der Waals surface area contributed by atoms with Crippen molar-refractivity contribution < 1.29 is 9.59 Å². The lowest BCUT2D eigenvalue weighted by molar-refractivity contribution is 0.0656. The van der Waals surface area contributed by atoms with Crippen LogP contribution in [0.1, 0.15) is 58.9 Å². The first-order chi connectivity index (χ1) is 14.0.